The minimum Gasteiger partial charge on any atom is -0.508 e. The van der Waals surface area contributed by atoms with Gasteiger partial charge in [0.1, 0.15) is 17.6 Å². The number of nitrogen functional groups attached to an aromatic ring is 1. The molecular formula is C26H31N5O3. The first kappa shape index (κ1) is 23.4. The van der Waals surface area contributed by atoms with Gasteiger partial charge in [0.25, 0.3) is 0 Å². The number of aryl methyl sites for hydroxylation is 2. The minimum absolute atomic E-state index is 0.0483. The van der Waals surface area contributed by atoms with E-state index in [1.54, 1.807) is 12.1 Å². The highest BCUT2D eigenvalue weighted by atomic mass is 16.3. The highest BCUT2D eigenvalue weighted by Crippen LogP contribution is 2.28. The third kappa shape index (κ3) is 4.76. The van der Waals surface area contributed by atoms with Crippen LogP contribution in [0.3, 0.4) is 0 Å². The molecule has 4 rings (SSSR count). The van der Waals surface area contributed by atoms with Crippen LogP contribution in [0.25, 0.3) is 10.9 Å². The number of hydrogen-bond donors (Lipinski definition) is 4. The molecule has 5 N–H and O–H groups in total. The Morgan fingerprint density at radius 1 is 1.21 bits per heavy atom. The molecule has 2 amide bonds. The maximum Gasteiger partial charge on any atom is 0.250 e. The van der Waals surface area contributed by atoms with Crippen molar-refractivity contribution in [3.8, 4) is 5.75 Å². The largest absolute Gasteiger partial charge is 0.508 e. The number of fused-ring (bicyclic) bond motifs is 1. The van der Waals surface area contributed by atoms with E-state index < -0.39 is 6.04 Å². The first-order chi connectivity index (χ1) is 16.2. The highest BCUT2D eigenvalue weighted by Gasteiger charge is 2.34. The molecule has 3 aromatic rings. The first-order valence-electron chi connectivity index (χ1n) is 11.5. The fourth-order valence-corrected chi connectivity index (χ4v) is 4.86. The number of hydrogen-bond acceptors (Lipinski definition) is 4. The standard InChI is InChI=1S/C26H31N5O3/c1-16(32)29-24(17-7-11-22(33)12-8-17)26(34)31-13-3-4-20(31)9-10-21-14-18-5-6-19(25(27)28)15-23(18)30(21)2/h5-8,11-12,14-15,20,24,33H,3-4,9-10,13H2,1-2H3,(H3,27,28)(H,29,32)/t20-,24+/m0/s1. The third-order valence-corrected chi connectivity index (χ3v) is 6.67. The van der Waals surface area contributed by atoms with E-state index in [9.17, 15) is 14.7 Å². The van der Waals surface area contributed by atoms with Gasteiger partial charge in [0.05, 0.1) is 0 Å². The second-order valence-electron chi connectivity index (χ2n) is 8.97. The lowest BCUT2D eigenvalue weighted by molar-refractivity contribution is -0.137. The molecule has 34 heavy (non-hydrogen) atoms. The van der Waals surface area contributed by atoms with E-state index >= 15 is 0 Å². The van der Waals surface area contributed by atoms with Gasteiger partial charge in [-0.3, -0.25) is 15.0 Å². The Kier molecular flexibility index (Phi) is 6.58. The number of aromatic hydroxyl groups is 1. The van der Waals surface area contributed by atoms with Crippen molar-refractivity contribution in [1.82, 2.24) is 14.8 Å². The normalized spacial score (nSPS) is 16.5. The number of likely N-dealkylation sites (tertiary alicyclic amines) is 1. The van der Waals surface area contributed by atoms with E-state index in [2.05, 4.69) is 16.0 Å². The number of carbonyl (C=O) groups excluding carboxylic acids is 2. The lowest BCUT2D eigenvalue weighted by atomic mass is 10.0. The SMILES string of the molecule is CC(=O)N[C@@H](C(=O)N1CCC[C@H]1CCc1cc2ccc(C(=N)N)cc2n1C)c1ccc(O)cc1. The Morgan fingerprint density at radius 3 is 2.62 bits per heavy atom. The Hall–Kier alpha value is -3.81. The number of benzene rings is 2. The van der Waals surface area contributed by atoms with Gasteiger partial charge in [-0.2, -0.15) is 0 Å². The van der Waals surface area contributed by atoms with Crippen LogP contribution in [-0.4, -0.2) is 44.8 Å². The van der Waals surface area contributed by atoms with Crippen LogP contribution < -0.4 is 11.1 Å². The van der Waals surface area contributed by atoms with E-state index in [0.717, 1.165) is 42.3 Å². The number of amides is 2. The van der Waals surface area contributed by atoms with Gasteiger partial charge >= 0.3 is 0 Å². The van der Waals surface area contributed by atoms with Crippen molar-refractivity contribution in [3.63, 3.8) is 0 Å². The summed E-state index contributed by atoms with van der Waals surface area (Å²) in [6.45, 7) is 2.06. The predicted molar refractivity (Wildman–Crippen MR) is 132 cm³/mol. The summed E-state index contributed by atoms with van der Waals surface area (Å²) in [5.74, 6) is -0.233. The van der Waals surface area contributed by atoms with Crippen LogP contribution in [0, 0.1) is 5.41 Å². The predicted octanol–water partition coefficient (Wildman–Crippen LogP) is 2.97. The summed E-state index contributed by atoms with van der Waals surface area (Å²) < 4.78 is 2.12. The fourth-order valence-electron chi connectivity index (χ4n) is 4.86. The van der Waals surface area contributed by atoms with Crippen molar-refractivity contribution in [2.75, 3.05) is 6.54 Å². The molecule has 2 aromatic carbocycles. The number of rotatable bonds is 7. The summed E-state index contributed by atoms with van der Waals surface area (Å²) >= 11 is 0. The number of nitrogens with zero attached hydrogens (tertiary/aromatic N) is 2. The second-order valence-corrected chi connectivity index (χ2v) is 8.97. The van der Waals surface area contributed by atoms with Crippen LogP contribution in [0.2, 0.25) is 0 Å². The summed E-state index contributed by atoms with van der Waals surface area (Å²) in [5.41, 5.74) is 9.19. The Balaban J connectivity index is 1.51. The van der Waals surface area contributed by atoms with Gasteiger partial charge in [-0.25, -0.2) is 0 Å². The number of phenolic OH excluding ortho intramolecular Hbond substituents is 1. The zero-order valence-corrected chi connectivity index (χ0v) is 19.5. The van der Waals surface area contributed by atoms with Gasteiger partial charge in [0, 0.05) is 43.3 Å². The molecule has 178 valence electrons. The molecule has 0 unspecified atom stereocenters. The molecule has 0 spiro atoms. The van der Waals surface area contributed by atoms with Crippen LogP contribution in [0.5, 0.6) is 5.75 Å². The topological polar surface area (TPSA) is 124 Å². The van der Waals surface area contributed by atoms with Gasteiger partial charge in [0.15, 0.2) is 0 Å². The number of amidine groups is 1. The lowest BCUT2D eigenvalue weighted by Gasteiger charge is -2.29. The molecule has 8 heteroatoms. The van der Waals surface area contributed by atoms with Crippen molar-refractivity contribution in [2.24, 2.45) is 12.8 Å². The van der Waals surface area contributed by atoms with E-state index in [0.29, 0.717) is 17.7 Å². The maximum atomic E-state index is 13.5. The lowest BCUT2D eigenvalue weighted by Crippen LogP contribution is -2.44. The average molecular weight is 462 g/mol. The van der Waals surface area contributed by atoms with Gasteiger partial charge in [-0.15, -0.1) is 0 Å². The average Bonchev–Trinajstić information content (AvgIpc) is 3.40. The van der Waals surface area contributed by atoms with Gasteiger partial charge in [0.2, 0.25) is 11.8 Å². The minimum atomic E-state index is -0.777. The number of nitrogens with one attached hydrogen (secondary N) is 2. The fraction of sp³-hybridized carbons (Fsp3) is 0.346. The van der Waals surface area contributed by atoms with Gasteiger partial charge in [-0.1, -0.05) is 24.3 Å². The number of aromatic nitrogens is 1. The molecule has 8 nitrogen and oxygen atoms in total. The summed E-state index contributed by atoms with van der Waals surface area (Å²) in [7, 11) is 2.01. The number of carbonyl (C=O) groups is 2. The molecule has 0 aliphatic carbocycles. The highest BCUT2D eigenvalue weighted by molar-refractivity contribution is 5.98. The Bertz CT molecular complexity index is 1230. The molecule has 2 atom stereocenters. The van der Waals surface area contributed by atoms with Gasteiger partial charge in [-0.05, 0) is 60.9 Å². The quantitative estimate of drug-likeness (QED) is 0.319. The molecule has 0 saturated carbocycles. The molecule has 1 aromatic heterocycles. The molecule has 1 saturated heterocycles. The zero-order valence-electron chi connectivity index (χ0n) is 19.5. The van der Waals surface area contributed by atoms with Crippen molar-refractivity contribution in [1.29, 1.82) is 5.41 Å². The Morgan fingerprint density at radius 2 is 1.94 bits per heavy atom. The van der Waals surface area contributed by atoms with Crippen LogP contribution >= 0.6 is 0 Å². The molecule has 0 radical (unpaired) electrons. The molecular weight excluding hydrogens is 430 g/mol. The first-order valence-corrected chi connectivity index (χ1v) is 11.5. The van der Waals surface area contributed by atoms with Crippen LogP contribution in [-0.2, 0) is 23.1 Å². The molecule has 0 bridgehead atoms. The van der Waals surface area contributed by atoms with Crippen molar-refractivity contribution in [3.05, 3.63) is 65.4 Å². The summed E-state index contributed by atoms with van der Waals surface area (Å²) in [4.78, 5) is 27.2. The number of phenols is 1. The van der Waals surface area contributed by atoms with Crippen molar-refractivity contribution >= 4 is 28.6 Å². The van der Waals surface area contributed by atoms with E-state index in [4.69, 9.17) is 11.1 Å². The zero-order chi connectivity index (χ0) is 24.4. The Labute approximate surface area is 198 Å². The number of nitrogens with two attached hydrogens (primary N) is 1. The molecule has 1 aliphatic rings. The maximum absolute atomic E-state index is 13.5. The second kappa shape index (κ2) is 9.59. The van der Waals surface area contributed by atoms with E-state index in [1.807, 2.05) is 30.1 Å². The molecule has 1 aliphatic heterocycles. The monoisotopic (exact) mass is 461 g/mol. The molecule has 2 heterocycles. The van der Waals surface area contributed by atoms with Crippen LogP contribution in [0.15, 0.2) is 48.5 Å². The summed E-state index contributed by atoms with van der Waals surface area (Å²) in [5, 5.41) is 21.2. The summed E-state index contributed by atoms with van der Waals surface area (Å²) in [6, 6.07) is 13.6. The summed E-state index contributed by atoms with van der Waals surface area (Å²) in [6.07, 6.45) is 3.47. The van der Waals surface area contributed by atoms with Crippen LogP contribution in [0.4, 0.5) is 0 Å². The van der Waals surface area contributed by atoms with Crippen LogP contribution in [0.1, 0.15) is 49.0 Å². The van der Waals surface area contributed by atoms with Gasteiger partial charge < -0.3 is 25.6 Å². The van der Waals surface area contributed by atoms with E-state index in [-0.39, 0.29) is 29.4 Å². The van der Waals surface area contributed by atoms with Crippen molar-refractivity contribution in [2.45, 2.75) is 44.7 Å². The molecule has 1 fully saturated rings. The van der Waals surface area contributed by atoms with Crippen molar-refractivity contribution < 1.29 is 14.7 Å². The smallest absolute Gasteiger partial charge is 0.250 e. The third-order valence-electron chi connectivity index (χ3n) is 6.67. The van der Waals surface area contributed by atoms with E-state index in [1.165, 1.54) is 19.1 Å².